The van der Waals surface area contributed by atoms with Crippen LogP contribution in [-0.2, 0) is 15.1 Å². The second-order valence-electron chi connectivity index (χ2n) is 6.44. The van der Waals surface area contributed by atoms with Crippen LogP contribution in [0.5, 0.6) is 0 Å². The van der Waals surface area contributed by atoms with Crippen LogP contribution in [0.2, 0.25) is 5.02 Å². The maximum atomic E-state index is 13.2. The monoisotopic (exact) mass is 414 g/mol. The van der Waals surface area contributed by atoms with Gasteiger partial charge in [-0.1, -0.05) is 30.7 Å². The van der Waals surface area contributed by atoms with Crippen molar-refractivity contribution in [1.29, 1.82) is 5.26 Å². The molecule has 2 aromatic carbocycles. The molecular weight excluding hydrogens is 399 g/mol. The van der Waals surface area contributed by atoms with Crippen LogP contribution in [0.25, 0.3) is 0 Å². The fourth-order valence-electron chi connectivity index (χ4n) is 3.17. The molecule has 0 radical (unpaired) electrons. The molecule has 0 unspecified atom stereocenters. The Balaban J connectivity index is 1.77. The van der Waals surface area contributed by atoms with Gasteiger partial charge in [-0.05, 0) is 42.3 Å². The number of hydrogen-bond donors (Lipinski definition) is 2. The normalized spacial score (nSPS) is 18.3. The summed E-state index contributed by atoms with van der Waals surface area (Å²) >= 11 is 5.94. The van der Waals surface area contributed by atoms with Gasteiger partial charge in [-0.3, -0.25) is 14.5 Å². The van der Waals surface area contributed by atoms with Crippen molar-refractivity contribution >= 4 is 35.1 Å². The lowest BCUT2D eigenvalue weighted by Crippen LogP contribution is -2.44. The summed E-state index contributed by atoms with van der Waals surface area (Å²) in [5.41, 5.74) is -0.346. The van der Waals surface area contributed by atoms with Gasteiger partial charge in [-0.25, -0.2) is 9.18 Å². The number of urea groups is 1. The number of carbonyl (C=O) groups excluding carboxylic acids is 3. The van der Waals surface area contributed by atoms with Gasteiger partial charge < -0.3 is 10.6 Å². The van der Waals surface area contributed by atoms with E-state index in [0.717, 1.165) is 4.90 Å². The maximum Gasteiger partial charge on any atom is 0.325 e. The zero-order valence-corrected chi connectivity index (χ0v) is 16.1. The third kappa shape index (κ3) is 3.77. The highest BCUT2D eigenvalue weighted by Gasteiger charge is 2.51. The number of halogens is 2. The molecule has 1 atom stereocenters. The summed E-state index contributed by atoms with van der Waals surface area (Å²) in [7, 11) is 0. The fourth-order valence-corrected chi connectivity index (χ4v) is 3.39. The lowest BCUT2D eigenvalue weighted by Gasteiger charge is -2.25. The van der Waals surface area contributed by atoms with Gasteiger partial charge in [-0.2, -0.15) is 5.26 Å². The van der Waals surface area contributed by atoms with E-state index in [0.29, 0.717) is 11.3 Å². The first kappa shape index (κ1) is 20.3. The Kier molecular flexibility index (Phi) is 5.52. The summed E-state index contributed by atoms with van der Waals surface area (Å²) in [6.45, 7) is 1.20. The lowest BCUT2D eigenvalue weighted by molar-refractivity contribution is -0.134. The highest BCUT2D eigenvalue weighted by molar-refractivity contribution is 6.32. The van der Waals surface area contributed by atoms with Gasteiger partial charge in [0.2, 0.25) is 5.91 Å². The minimum Gasteiger partial charge on any atom is -0.324 e. The molecule has 2 aromatic rings. The molecule has 148 valence electrons. The average molecular weight is 415 g/mol. The van der Waals surface area contributed by atoms with Crippen LogP contribution in [0.3, 0.4) is 0 Å². The Labute approximate surface area is 171 Å². The largest absolute Gasteiger partial charge is 0.325 e. The fraction of sp³-hybridized carbons (Fsp3) is 0.200. The Morgan fingerprint density at radius 1 is 1.28 bits per heavy atom. The number of rotatable bonds is 5. The number of nitrogens with zero attached hydrogens (tertiary/aromatic N) is 2. The van der Waals surface area contributed by atoms with Crippen molar-refractivity contribution in [2.24, 2.45) is 0 Å². The predicted molar refractivity (Wildman–Crippen MR) is 103 cm³/mol. The van der Waals surface area contributed by atoms with Crippen molar-refractivity contribution in [1.82, 2.24) is 10.2 Å². The second-order valence-corrected chi connectivity index (χ2v) is 6.85. The van der Waals surface area contributed by atoms with Gasteiger partial charge in [0, 0.05) is 5.69 Å². The maximum absolute atomic E-state index is 13.2. The first-order chi connectivity index (χ1) is 13.8. The summed E-state index contributed by atoms with van der Waals surface area (Å²) in [4.78, 5) is 38.6. The van der Waals surface area contributed by atoms with E-state index < -0.39 is 35.7 Å². The topological polar surface area (TPSA) is 102 Å². The lowest BCUT2D eigenvalue weighted by atomic mass is 9.87. The minimum atomic E-state index is -1.36. The van der Waals surface area contributed by atoms with E-state index >= 15 is 0 Å². The molecule has 1 fully saturated rings. The zero-order chi connectivity index (χ0) is 21.2. The molecule has 0 saturated carbocycles. The molecular formula is C20H16ClFN4O3. The first-order valence-electron chi connectivity index (χ1n) is 8.70. The third-order valence-corrected chi connectivity index (χ3v) is 5.03. The molecule has 0 aliphatic carbocycles. The standard InChI is InChI=1S/C20H16ClFN4O3/c1-2-20(13-4-6-14(22)7-5-13)18(28)26(19(29)25-20)11-17(27)24-15-8-3-12(10-23)16(21)9-15/h3-9H,2,11H2,1H3,(H,24,27)(H,25,29)/t20-/m0/s1. The molecule has 1 aliphatic heterocycles. The van der Waals surface area contributed by atoms with E-state index in [1.54, 1.807) is 6.92 Å². The minimum absolute atomic E-state index is 0.168. The number of benzene rings is 2. The molecule has 0 spiro atoms. The van der Waals surface area contributed by atoms with Gasteiger partial charge in [0.1, 0.15) is 24.0 Å². The second kappa shape index (κ2) is 7.89. The molecule has 1 heterocycles. The van der Waals surface area contributed by atoms with Crippen molar-refractivity contribution in [3.05, 3.63) is 64.4 Å². The Bertz CT molecular complexity index is 1040. The number of hydrogen-bond acceptors (Lipinski definition) is 4. The molecule has 7 nitrogen and oxygen atoms in total. The summed E-state index contributed by atoms with van der Waals surface area (Å²) in [6, 6.07) is 10.8. The average Bonchev–Trinajstić information content (AvgIpc) is 2.94. The van der Waals surface area contributed by atoms with Crippen molar-refractivity contribution < 1.29 is 18.8 Å². The van der Waals surface area contributed by atoms with Crippen molar-refractivity contribution in [3.8, 4) is 6.07 Å². The zero-order valence-electron chi connectivity index (χ0n) is 15.3. The predicted octanol–water partition coefficient (Wildman–Crippen LogP) is 3.15. The van der Waals surface area contributed by atoms with Crippen LogP contribution in [0.1, 0.15) is 24.5 Å². The van der Waals surface area contributed by atoms with Crippen molar-refractivity contribution in [2.45, 2.75) is 18.9 Å². The van der Waals surface area contributed by atoms with Crippen LogP contribution in [-0.4, -0.2) is 29.3 Å². The van der Waals surface area contributed by atoms with Gasteiger partial charge in [-0.15, -0.1) is 0 Å². The molecule has 0 bridgehead atoms. The first-order valence-corrected chi connectivity index (χ1v) is 9.08. The Hall–Kier alpha value is -3.44. The Morgan fingerprint density at radius 3 is 2.55 bits per heavy atom. The molecule has 4 amide bonds. The quantitative estimate of drug-likeness (QED) is 0.733. The van der Waals surface area contributed by atoms with Crippen LogP contribution >= 0.6 is 11.6 Å². The molecule has 2 N–H and O–H groups in total. The smallest absolute Gasteiger partial charge is 0.324 e. The van der Waals surface area contributed by atoms with Crippen LogP contribution in [0.15, 0.2) is 42.5 Å². The molecule has 1 aliphatic rings. The number of anilines is 1. The van der Waals surface area contributed by atoms with E-state index in [-0.39, 0.29) is 17.0 Å². The van der Waals surface area contributed by atoms with E-state index in [1.165, 1.54) is 42.5 Å². The van der Waals surface area contributed by atoms with E-state index in [4.69, 9.17) is 16.9 Å². The number of amides is 4. The molecule has 29 heavy (non-hydrogen) atoms. The van der Waals surface area contributed by atoms with E-state index in [2.05, 4.69) is 10.6 Å². The van der Waals surface area contributed by atoms with Gasteiger partial charge in [0.05, 0.1) is 10.6 Å². The molecule has 0 aromatic heterocycles. The summed E-state index contributed by atoms with van der Waals surface area (Å²) < 4.78 is 13.2. The van der Waals surface area contributed by atoms with Crippen LogP contribution in [0.4, 0.5) is 14.9 Å². The summed E-state index contributed by atoms with van der Waals surface area (Å²) in [5.74, 6) is -1.67. The third-order valence-electron chi connectivity index (χ3n) is 4.72. The number of nitrogens with one attached hydrogen (secondary N) is 2. The highest BCUT2D eigenvalue weighted by Crippen LogP contribution is 2.32. The summed E-state index contributed by atoms with van der Waals surface area (Å²) in [5, 5.41) is 14.2. The number of imide groups is 1. The van der Waals surface area contributed by atoms with E-state index in [9.17, 15) is 18.8 Å². The van der Waals surface area contributed by atoms with Gasteiger partial charge in [0.25, 0.3) is 5.91 Å². The molecule has 3 rings (SSSR count). The molecule has 9 heteroatoms. The van der Waals surface area contributed by atoms with Gasteiger partial charge >= 0.3 is 6.03 Å². The van der Waals surface area contributed by atoms with E-state index in [1.807, 2.05) is 6.07 Å². The van der Waals surface area contributed by atoms with Crippen molar-refractivity contribution in [3.63, 3.8) is 0 Å². The molecule has 1 saturated heterocycles. The van der Waals surface area contributed by atoms with Crippen LogP contribution < -0.4 is 10.6 Å². The summed E-state index contributed by atoms with van der Waals surface area (Å²) in [6.07, 6.45) is 0.229. The highest BCUT2D eigenvalue weighted by atomic mass is 35.5. The van der Waals surface area contributed by atoms with Crippen LogP contribution in [0, 0.1) is 17.1 Å². The number of nitriles is 1. The SMILES string of the molecule is CC[C@@]1(c2ccc(F)cc2)NC(=O)N(CC(=O)Nc2ccc(C#N)c(Cl)c2)C1=O. The van der Waals surface area contributed by atoms with Gasteiger partial charge in [0.15, 0.2) is 0 Å². The Morgan fingerprint density at radius 2 is 1.97 bits per heavy atom. The number of carbonyl (C=O) groups is 3. The van der Waals surface area contributed by atoms with Crippen molar-refractivity contribution in [2.75, 3.05) is 11.9 Å².